The van der Waals surface area contributed by atoms with E-state index >= 15 is 0 Å². The monoisotopic (exact) mass is 240 g/mol. The van der Waals surface area contributed by atoms with E-state index in [2.05, 4.69) is 0 Å². The lowest BCUT2D eigenvalue weighted by atomic mass is 10.0. The van der Waals surface area contributed by atoms with Gasteiger partial charge < -0.3 is 26.4 Å². The van der Waals surface area contributed by atoms with E-state index in [0.717, 1.165) is 0 Å². The third-order valence-electron chi connectivity index (χ3n) is 2.35. The summed E-state index contributed by atoms with van der Waals surface area (Å²) in [5, 5.41) is 19.5. The average Bonchev–Trinajstić information content (AvgIpc) is 2.27. The molecule has 1 aromatic rings. The summed E-state index contributed by atoms with van der Waals surface area (Å²) in [6, 6.07) is 4.66. The smallest absolute Gasteiger partial charge is 0.220 e. The molecule has 0 aliphatic rings. The van der Waals surface area contributed by atoms with Crippen molar-refractivity contribution in [2.75, 3.05) is 12.8 Å². The van der Waals surface area contributed by atoms with Crippen LogP contribution in [-0.4, -0.2) is 29.3 Å². The minimum atomic E-state index is -1.29. The highest BCUT2D eigenvalue weighted by atomic mass is 16.5. The van der Waals surface area contributed by atoms with Gasteiger partial charge in [-0.2, -0.15) is 0 Å². The number of rotatable bonds is 5. The second-order valence-corrected chi connectivity index (χ2v) is 3.68. The molecule has 0 bridgehead atoms. The number of hydrogen-bond acceptors (Lipinski definition) is 5. The van der Waals surface area contributed by atoms with E-state index in [4.69, 9.17) is 16.2 Å². The van der Waals surface area contributed by atoms with Crippen molar-refractivity contribution < 1.29 is 19.7 Å². The van der Waals surface area contributed by atoms with Gasteiger partial charge in [-0.1, -0.05) is 0 Å². The van der Waals surface area contributed by atoms with E-state index in [1.54, 1.807) is 12.1 Å². The Balaban J connectivity index is 2.97. The summed E-state index contributed by atoms with van der Waals surface area (Å²) in [4.78, 5) is 10.7. The molecule has 17 heavy (non-hydrogen) atoms. The topological polar surface area (TPSA) is 119 Å². The highest BCUT2D eigenvalue weighted by Gasteiger charge is 2.23. The zero-order chi connectivity index (χ0) is 13.0. The molecule has 1 amide bonds. The van der Waals surface area contributed by atoms with Gasteiger partial charge in [0.25, 0.3) is 0 Å². The molecule has 0 aliphatic carbocycles. The van der Waals surface area contributed by atoms with Gasteiger partial charge in [-0.05, 0) is 18.2 Å². The zero-order valence-electron chi connectivity index (χ0n) is 9.46. The molecule has 6 N–H and O–H groups in total. The predicted octanol–water partition coefficient (Wildman–Crippen LogP) is -0.453. The van der Waals surface area contributed by atoms with E-state index in [-0.39, 0.29) is 6.42 Å². The molecule has 6 heteroatoms. The highest BCUT2D eigenvalue weighted by molar-refractivity contribution is 5.74. The third-order valence-corrected chi connectivity index (χ3v) is 2.35. The summed E-state index contributed by atoms with van der Waals surface area (Å²) in [6.07, 6.45) is -2.90. The number of anilines is 1. The molecule has 6 nitrogen and oxygen atoms in total. The van der Waals surface area contributed by atoms with Crippen LogP contribution in [0.25, 0.3) is 0 Å². The van der Waals surface area contributed by atoms with Crippen LogP contribution in [0.2, 0.25) is 0 Å². The summed E-state index contributed by atoms with van der Waals surface area (Å²) < 4.78 is 5.03. The standard InChI is InChI=1S/C11H16N2O4/c1-17-9-3-2-6(12)4-7(9)11(16)8(14)5-10(13)15/h2-4,8,11,14,16H,5,12H2,1H3,(H2,13,15). The number of nitrogens with two attached hydrogens (primary N) is 2. The molecule has 0 aliphatic heterocycles. The fourth-order valence-electron chi connectivity index (χ4n) is 1.51. The number of carbonyl (C=O) groups is 1. The molecule has 2 atom stereocenters. The summed E-state index contributed by atoms with van der Waals surface area (Å²) >= 11 is 0. The van der Waals surface area contributed by atoms with Gasteiger partial charge in [-0.15, -0.1) is 0 Å². The first-order valence-corrected chi connectivity index (χ1v) is 5.03. The van der Waals surface area contributed by atoms with Crippen LogP contribution < -0.4 is 16.2 Å². The number of nitrogen functional groups attached to an aromatic ring is 1. The maximum Gasteiger partial charge on any atom is 0.220 e. The van der Waals surface area contributed by atoms with Crippen molar-refractivity contribution in [3.05, 3.63) is 23.8 Å². The second kappa shape index (κ2) is 5.51. The Labute approximate surface area is 98.8 Å². The maximum atomic E-state index is 10.7. The predicted molar refractivity (Wildman–Crippen MR) is 62.2 cm³/mol. The quantitative estimate of drug-likeness (QED) is 0.520. The molecule has 0 aromatic heterocycles. The lowest BCUT2D eigenvalue weighted by Crippen LogP contribution is -2.26. The molecular formula is C11H16N2O4. The average molecular weight is 240 g/mol. The molecule has 94 valence electrons. The Morgan fingerprint density at radius 3 is 2.65 bits per heavy atom. The van der Waals surface area contributed by atoms with Crippen LogP contribution in [0, 0.1) is 0 Å². The van der Waals surface area contributed by atoms with Gasteiger partial charge in [0.05, 0.1) is 19.6 Å². The van der Waals surface area contributed by atoms with Gasteiger partial charge in [0.2, 0.25) is 5.91 Å². The van der Waals surface area contributed by atoms with Crippen LogP contribution >= 0.6 is 0 Å². The van der Waals surface area contributed by atoms with Crippen molar-refractivity contribution in [2.24, 2.45) is 5.73 Å². The lowest BCUT2D eigenvalue weighted by Gasteiger charge is -2.19. The minimum absolute atomic E-state index is 0.321. The number of hydrogen-bond donors (Lipinski definition) is 4. The fraction of sp³-hybridized carbons (Fsp3) is 0.364. The Kier molecular flexibility index (Phi) is 4.30. The van der Waals surface area contributed by atoms with Crippen LogP contribution in [0.15, 0.2) is 18.2 Å². The number of aliphatic hydroxyl groups is 2. The van der Waals surface area contributed by atoms with Crippen LogP contribution in [0.3, 0.4) is 0 Å². The van der Waals surface area contributed by atoms with E-state index in [9.17, 15) is 15.0 Å². The number of benzene rings is 1. The van der Waals surface area contributed by atoms with Crippen LogP contribution in [0.5, 0.6) is 5.75 Å². The van der Waals surface area contributed by atoms with E-state index in [1.807, 2.05) is 0 Å². The second-order valence-electron chi connectivity index (χ2n) is 3.68. The Morgan fingerprint density at radius 1 is 1.47 bits per heavy atom. The van der Waals surface area contributed by atoms with Gasteiger partial charge >= 0.3 is 0 Å². The summed E-state index contributed by atoms with van der Waals surface area (Å²) in [6.45, 7) is 0. The van der Waals surface area contributed by atoms with Gasteiger partial charge in [-0.25, -0.2) is 0 Å². The molecular weight excluding hydrogens is 224 g/mol. The van der Waals surface area contributed by atoms with Crippen molar-refractivity contribution in [1.29, 1.82) is 0 Å². The van der Waals surface area contributed by atoms with Crippen LogP contribution in [0.4, 0.5) is 5.69 Å². The molecule has 0 radical (unpaired) electrons. The Bertz CT molecular complexity index is 408. The lowest BCUT2D eigenvalue weighted by molar-refractivity contribution is -0.121. The third kappa shape index (κ3) is 3.33. The maximum absolute atomic E-state index is 10.7. The summed E-state index contributed by atoms with van der Waals surface area (Å²) in [5.74, 6) is -0.311. The normalized spacial score (nSPS) is 14.1. The molecule has 1 rings (SSSR count). The fourth-order valence-corrected chi connectivity index (χ4v) is 1.51. The van der Waals surface area contributed by atoms with E-state index < -0.39 is 18.1 Å². The van der Waals surface area contributed by atoms with Crippen molar-refractivity contribution in [3.63, 3.8) is 0 Å². The van der Waals surface area contributed by atoms with Gasteiger partial charge in [0.15, 0.2) is 0 Å². The first kappa shape index (κ1) is 13.3. The molecule has 2 unspecified atom stereocenters. The zero-order valence-corrected chi connectivity index (χ0v) is 9.46. The number of aliphatic hydroxyl groups excluding tert-OH is 2. The van der Waals surface area contributed by atoms with Crippen molar-refractivity contribution in [2.45, 2.75) is 18.6 Å². The van der Waals surface area contributed by atoms with Crippen molar-refractivity contribution >= 4 is 11.6 Å². The van der Waals surface area contributed by atoms with E-state index in [0.29, 0.717) is 17.0 Å². The molecule has 0 spiro atoms. The van der Waals surface area contributed by atoms with Gasteiger partial charge in [0.1, 0.15) is 11.9 Å². The number of ether oxygens (including phenoxy) is 1. The molecule has 0 fully saturated rings. The molecule has 0 heterocycles. The summed E-state index contributed by atoms with van der Waals surface area (Å²) in [5.41, 5.74) is 11.3. The van der Waals surface area contributed by atoms with E-state index in [1.165, 1.54) is 13.2 Å². The van der Waals surface area contributed by atoms with Crippen LogP contribution in [0.1, 0.15) is 18.1 Å². The van der Waals surface area contributed by atoms with Crippen LogP contribution in [-0.2, 0) is 4.79 Å². The number of amides is 1. The molecule has 0 saturated carbocycles. The summed E-state index contributed by atoms with van der Waals surface area (Å²) in [7, 11) is 1.43. The Hall–Kier alpha value is -1.79. The van der Waals surface area contributed by atoms with Crippen molar-refractivity contribution in [3.8, 4) is 5.75 Å². The minimum Gasteiger partial charge on any atom is -0.496 e. The molecule has 1 aromatic carbocycles. The number of carbonyl (C=O) groups excluding carboxylic acids is 1. The number of methoxy groups -OCH3 is 1. The Morgan fingerprint density at radius 2 is 2.12 bits per heavy atom. The number of primary amides is 1. The van der Waals surface area contributed by atoms with Crippen molar-refractivity contribution in [1.82, 2.24) is 0 Å². The van der Waals surface area contributed by atoms with Gasteiger partial charge in [-0.3, -0.25) is 4.79 Å². The first-order valence-electron chi connectivity index (χ1n) is 5.03. The first-order chi connectivity index (χ1) is 7.95. The largest absolute Gasteiger partial charge is 0.496 e. The highest BCUT2D eigenvalue weighted by Crippen LogP contribution is 2.30. The van der Waals surface area contributed by atoms with Gasteiger partial charge in [0, 0.05) is 11.3 Å². The SMILES string of the molecule is COc1ccc(N)cc1C(O)C(O)CC(N)=O. The molecule has 0 saturated heterocycles.